The highest BCUT2D eigenvalue weighted by atomic mass is 16.3. The van der Waals surface area contributed by atoms with E-state index in [1.54, 1.807) is 0 Å². The highest BCUT2D eigenvalue weighted by Crippen LogP contribution is 2.44. The molecule has 1 heterocycles. The number of para-hydroxylation sites is 2. The lowest BCUT2D eigenvalue weighted by Crippen LogP contribution is -2.38. The Morgan fingerprint density at radius 2 is 1.09 bits per heavy atom. The van der Waals surface area contributed by atoms with E-state index >= 15 is 0 Å². The molecule has 1 unspecified atom stereocenters. The molecule has 1 atom stereocenters. The Balaban J connectivity index is 1.05. The lowest BCUT2D eigenvalue weighted by Gasteiger charge is -2.34. The molecule has 1 aromatic heterocycles. The van der Waals surface area contributed by atoms with E-state index in [9.17, 15) is 0 Å². The predicted molar refractivity (Wildman–Crippen MR) is 246 cm³/mol. The number of nitrogens with zero attached hydrogens (tertiary/aromatic N) is 1. The Morgan fingerprint density at radius 1 is 0.431 bits per heavy atom. The topological polar surface area (TPSA) is 16.4 Å². The number of hydrogen-bond acceptors (Lipinski definition) is 2. The highest BCUT2D eigenvalue weighted by Gasteiger charge is 2.25. The van der Waals surface area contributed by atoms with Crippen LogP contribution in [0.1, 0.15) is 6.42 Å². The Hall–Kier alpha value is -7.42. The maximum absolute atomic E-state index is 6.82. The molecule has 58 heavy (non-hydrogen) atoms. The van der Waals surface area contributed by atoms with Crippen LogP contribution < -0.4 is 15.3 Å². The fraction of sp³-hybridized carbons (Fsp3) is 0.0357. The van der Waals surface area contributed by atoms with E-state index in [0.717, 1.165) is 50.9 Å². The van der Waals surface area contributed by atoms with Crippen molar-refractivity contribution in [3.63, 3.8) is 0 Å². The fourth-order valence-electron chi connectivity index (χ4n) is 9.59. The minimum Gasteiger partial charge on any atom is -0.455 e. The molecule has 0 saturated heterocycles. The standard InChI is InChI=1S/C56H37NO/c1-2-14-39-35-55-53(33-38(39)13-1)51-22-11-21-50(56(51)58-55)49-20-9-10-23-54(49)57(43-30-31-46-41(32-43)25-24-36-12-3-5-16-44(36)46)42-28-26-37(27-29-42)52-34-40-15-4-6-17-45(40)47-18-7-8-19-48(47)52/h1-29,31-35,43H,30H2. The molecule has 1 aliphatic rings. The van der Waals surface area contributed by atoms with E-state index in [2.05, 4.69) is 211 Å². The average Bonchev–Trinajstić information content (AvgIpc) is 3.66. The van der Waals surface area contributed by atoms with Gasteiger partial charge in [0.2, 0.25) is 0 Å². The second-order valence-electron chi connectivity index (χ2n) is 15.6. The zero-order chi connectivity index (χ0) is 38.2. The summed E-state index contributed by atoms with van der Waals surface area (Å²) in [5.74, 6) is 0. The average molecular weight is 740 g/mol. The number of rotatable bonds is 5. The number of furan rings is 1. The van der Waals surface area contributed by atoms with Crippen LogP contribution >= 0.6 is 0 Å². The third-order valence-electron chi connectivity index (χ3n) is 12.3. The van der Waals surface area contributed by atoms with Crippen LogP contribution in [-0.2, 0) is 0 Å². The molecule has 12 rings (SSSR count). The van der Waals surface area contributed by atoms with Gasteiger partial charge in [-0.05, 0) is 107 Å². The smallest absolute Gasteiger partial charge is 0.143 e. The molecule has 0 bridgehead atoms. The molecule has 2 heteroatoms. The Bertz CT molecular complexity index is 3560. The first-order chi connectivity index (χ1) is 28.7. The van der Waals surface area contributed by atoms with Crippen LogP contribution in [0.4, 0.5) is 11.4 Å². The molecule has 0 aliphatic heterocycles. The molecule has 272 valence electrons. The maximum atomic E-state index is 6.82. The summed E-state index contributed by atoms with van der Waals surface area (Å²) in [5, 5.41) is 14.9. The zero-order valence-corrected chi connectivity index (χ0v) is 31.8. The van der Waals surface area contributed by atoms with Gasteiger partial charge in [0.1, 0.15) is 11.2 Å². The van der Waals surface area contributed by atoms with Gasteiger partial charge in [-0.2, -0.15) is 0 Å². The van der Waals surface area contributed by atoms with Crippen molar-refractivity contribution in [3.8, 4) is 22.3 Å². The Kier molecular flexibility index (Phi) is 7.39. The molecule has 0 N–H and O–H groups in total. The molecule has 11 aromatic rings. The first kappa shape index (κ1) is 32.8. The molecule has 2 nitrogen and oxygen atoms in total. The van der Waals surface area contributed by atoms with Crippen molar-refractivity contribution in [1.29, 1.82) is 0 Å². The van der Waals surface area contributed by atoms with Gasteiger partial charge in [0.05, 0.1) is 6.04 Å². The van der Waals surface area contributed by atoms with E-state index in [0.29, 0.717) is 0 Å². The summed E-state index contributed by atoms with van der Waals surface area (Å²) in [7, 11) is 0. The summed E-state index contributed by atoms with van der Waals surface area (Å²) in [6.07, 6.45) is 5.78. The molecular weight excluding hydrogens is 703 g/mol. The monoisotopic (exact) mass is 739 g/mol. The number of hydrogen-bond donors (Lipinski definition) is 0. The molecule has 0 radical (unpaired) electrons. The van der Waals surface area contributed by atoms with Crippen LogP contribution in [0.15, 0.2) is 199 Å². The van der Waals surface area contributed by atoms with Crippen molar-refractivity contribution < 1.29 is 4.42 Å². The van der Waals surface area contributed by atoms with Gasteiger partial charge in [0.25, 0.3) is 0 Å². The normalized spacial score (nSPS) is 13.9. The lowest BCUT2D eigenvalue weighted by molar-refractivity contribution is 0.670. The van der Waals surface area contributed by atoms with Gasteiger partial charge in [-0.3, -0.25) is 0 Å². The molecule has 0 amide bonds. The van der Waals surface area contributed by atoms with E-state index in [1.165, 1.54) is 64.7 Å². The summed E-state index contributed by atoms with van der Waals surface area (Å²) < 4.78 is 6.82. The van der Waals surface area contributed by atoms with Crippen LogP contribution in [0, 0.1) is 0 Å². The number of anilines is 2. The second-order valence-corrected chi connectivity index (χ2v) is 15.6. The van der Waals surface area contributed by atoms with E-state index in [4.69, 9.17) is 4.42 Å². The van der Waals surface area contributed by atoms with Crippen LogP contribution in [-0.4, -0.2) is 6.04 Å². The van der Waals surface area contributed by atoms with Gasteiger partial charge in [0, 0.05) is 33.3 Å². The highest BCUT2D eigenvalue weighted by molar-refractivity contribution is 6.15. The van der Waals surface area contributed by atoms with Crippen molar-refractivity contribution in [2.24, 2.45) is 0 Å². The van der Waals surface area contributed by atoms with Gasteiger partial charge < -0.3 is 9.32 Å². The van der Waals surface area contributed by atoms with Crippen LogP contribution in [0.5, 0.6) is 0 Å². The summed E-state index contributed by atoms with van der Waals surface area (Å²) in [6, 6.07) is 70.8. The SMILES string of the molecule is C1=c2ccc3ccccc3c2=CCC1N(c1ccc(-c2cc3ccccc3c3ccccc23)cc1)c1ccccc1-c1cccc2c1oc1cc3ccccc3cc12. The first-order valence-electron chi connectivity index (χ1n) is 20.2. The molecule has 0 saturated carbocycles. The second kappa shape index (κ2) is 13.1. The summed E-state index contributed by atoms with van der Waals surface area (Å²) in [6.45, 7) is 0. The number of benzene rings is 10. The number of fused-ring (bicyclic) bond motifs is 10. The minimum absolute atomic E-state index is 0.0716. The van der Waals surface area contributed by atoms with E-state index in [1.807, 2.05) is 0 Å². The fourth-order valence-corrected chi connectivity index (χ4v) is 9.59. The summed E-state index contributed by atoms with van der Waals surface area (Å²) in [5.41, 5.74) is 8.78. The van der Waals surface area contributed by atoms with E-state index in [-0.39, 0.29) is 6.04 Å². The molecule has 10 aromatic carbocycles. The van der Waals surface area contributed by atoms with Gasteiger partial charge in [-0.25, -0.2) is 0 Å². The molecule has 0 fully saturated rings. The Morgan fingerprint density at radius 3 is 1.93 bits per heavy atom. The third kappa shape index (κ3) is 5.19. The minimum atomic E-state index is 0.0716. The van der Waals surface area contributed by atoms with Crippen LogP contribution in [0.3, 0.4) is 0 Å². The van der Waals surface area contributed by atoms with Crippen molar-refractivity contribution in [3.05, 3.63) is 205 Å². The maximum Gasteiger partial charge on any atom is 0.143 e. The Labute approximate surface area is 335 Å². The van der Waals surface area contributed by atoms with Crippen molar-refractivity contribution in [2.45, 2.75) is 12.5 Å². The van der Waals surface area contributed by atoms with Gasteiger partial charge >= 0.3 is 0 Å². The quantitative estimate of drug-likeness (QED) is 0.163. The summed E-state index contributed by atoms with van der Waals surface area (Å²) in [4.78, 5) is 2.54. The van der Waals surface area contributed by atoms with Gasteiger partial charge in [-0.1, -0.05) is 170 Å². The molecule has 0 spiro atoms. The van der Waals surface area contributed by atoms with E-state index < -0.39 is 0 Å². The first-order valence-corrected chi connectivity index (χ1v) is 20.2. The summed E-state index contributed by atoms with van der Waals surface area (Å²) >= 11 is 0. The van der Waals surface area contributed by atoms with Crippen molar-refractivity contribution in [1.82, 2.24) is 0 Å². The van der Waals surface area contributed by atoms with Crippen molar-refractivity contribution in [2.75, 3.05) is 4.90 Å². The zero-order valence-electron chi connectivity index (χ0n) is 31.8. The third-order valence-corrected chi connectivity index (χ3v) is 12.3. The largest absolute Gasteiger partial charge is 0.455 e. The van der Waals surface area contributed by atoms with Crippen LogP contribution in [0.25, 0.3) is 99.4 Å². The van der Waals surface area contributed by atoms with Gasteiger partial charge in [0.15, 0.2) is 0 Å². The molecular formula is C56H37NO. The predicted octanol–water partition coefficient (Wildman–Crippen LogP) is 13.7. The van der Waals surface area contributed by atoms with Crippen LogP contribution in [0.2, 0.25) is 0 Å². The van der Waals surface area contributed by atoms with Gasteiger partial charge in [-0.15, -0.1) is 0 Å². The lowest BCUT2D eigenvalue weighted by atomic mass is 9.92. The molecule has 1 aliphatic carbocycles. The van der Waals surface area contributed by atoms with Crippen molar-refractivity contribution >= 4 is 88.6 Å².